The Kier molecular flexibility index (Phi) is 4.88. The summed E-state index contributed by atoms with van der Waals surface area (Å²) in [7, 11) is 1.68. The van der Waals surface area contributed by atoms with Gasteiger partial charge in [0.1, 0.15) is 11.4 Å². The van der Waals surface area contributed by atoms with E-state index in [0.717, 1.165) is 49.1 Å². The van der Waals surface area contributed by atoms with Crippen molar-refractivity contribution in [2.45, 2.75) is 45.8 Å². The molecule has 1 aliphatic heterocycles. The lowest BCUT2D eigenvalue weighted by atomic mass is 9.97. The van der Waals surface area contributed by atoms with Crippen LogP contribution in [0.15, 0.2) is 24.4 Å². The molecular weight excluding hydrogens is 318 g/mol. The maximum atomic E-state index is 12.1. The molecule has 1 aliphatic rings. The second-order valence-corrected chi connectivity index (χ2v) is 7.65. The van der Waals surface area contributed by atoms with E-state index in [0.29, 0.717) is 5.92 Å². The fourth-order valence-corrected chi connectivity index (χ4v) is 3.23. The topological polar surface area (TPSA) is 56.6 Å². The van der Waals surface area contributed by atoms with E-state index in [1.807, 2.05) is 48.6 Å². The van der Waals surface area contributed by atoms with Gasteiger partial charge in [0.25, 0.3) is 0 Å². The van der Waals surface area contributed by atoms with Crippen LogP contribution in [0.25, 0.3) is 10.9 Å². The van der Waals surface area contributed by atoms with Gasteiger partial charge >= 0.3 is 6.09 Å². The molecule has 6 nitrogen and oxygen atoms in total. The number of methoxy groups -OCH3 is 1. The maximum absolute atomic E-state index is 12.1. The van der Waals surface area contributed by atoms with Crippen molar-refractivity contribution >= 4 is 17.0 Å². The van der Waals surface area contributed by atoms with Gasteiger partial charge in [-0.25, -0.2) is 4.79 Å². The Hall–Kier alpha value is -2.24. The molecule has 0 spiro atoms. The van der Waals surface area contributed by atoms with Gasteiger partial charge in [0.2, 0.25) is 0 Å². The number of hydrogen-bond acceptors (Lipinski definition) is 4. The Morgan fingerprint density at radius 2 is 2.00 bits per heavy atom. The van der Waals surface area contributed by atoms with Crippen LogP contribution in [-0.4, -0.2) is 46.6 Å². The van der Waals surface area contributed by atoms with E-state index in [4.69, 9.17) is 9.47 Å². The zero-order chi connectivity index (χ0) is 18.0. The summed E-state index contributed by atoms with van der Waals surface area (Å²) in [6.07, 6.45) is 3.77. The summed E-state index contributed by atoms with van der Waals surface area (Å²) in [6, 6.07) is 5.91. The first-order chi connectivity index (χ1) is 11.9. The molecule has 6 heteroatoms. The van der Waals surface area contributed by atoms with Gasteiger partial charge in [-0.2, -0.15) is 5.10 Å². The number of nitrogens with zero attached hydrogens (tertiary/aromatic N) is 3. The summed E-state index contributed by atoms with van der Waals surface area (Å²) in [6.45, 7) is 8.03. The average Bonchev–Trinajstić information content (AvgIpc) is 2.96. The van der Waals surface area contributed by atoms with Crippen LogP contribution < -0.4 is 4.74 Å². The van der Waals surface area contributed by atoms with Gasteiger partial charge in [0.05, 0.1) is 18.0 Å². The van der Waals surface area contributed by atoms with Gasteiger partial charge < -0.3 is 14.4 Å². The summed E-state index contributed by atoms with van der Waals surface area (Å²) >= 11 is 0. The van der Waals surface area contributed by atoms with Crippen LogP contribution in [0.1, 0.15) is 33.6 Å². The van der Waals surface area contributed by atoms with Gasteiger partial charge in [-0.15, -0.1) is 0 Å². The van der Waals surface area contributed by atoms with Gasteiger partial charge in [0, 0.05) is 25.8 Å². The van der Waals surface area contributed by atoms with E-state index in [9.17, 15) is 4.79 Å². The monoisotopic (exact) mass is 345 g/mol. The molecule has 0 radical (unpaired) electrons. The molecule has 0 unspecified atom stereocenters. The number of fused-ring (bicyclic) bond motifs is 1. The number of piperidine rings is 1. The Morgan fingerprint density at radius 1 is 1.28 bits per heavy atom. The molecule has 2 aromatic rings. The zero-order valence-electron chi connectivity index (χ0n) is 15.5. The van der Waals surface area contributed by atoms with Crippen LogP contribution in [-0.2, 0) is 11.3 Å². The molecule has 1 aromatic heterocycles. The van der Waals surface area contributed by atoms with Gasteiger partial charge in [-0.3, -0.25) is 4.68 Å². The Balaban J connectivity index is 1.58. The van der Waals surface area contributed by atoms with E-state index in [1.165, 1.54) is 0 Å². The van der Waals surface area contributed by atoms with Crippen molar-refractivity contribution in [3.05, 3.63) is 24.4 Å². The second kappa shape index (κ2) is 6.94. The van der Waals surface area contributed by atoms with Crippen LogP contribution in [0.3, 0.4) is 0 Å². The molecular formula is C19H27N3O3. The standard InChI is InChI=1S/C19H27N3O3/c1-19(2,3)25-18(23)21-10-8-14(9-11-21)12-22-13-15-16(20-22)6-5-7-17(15)24-4/h5-7,13-14H,8-12H2,1-4H3. The van der Waals surface area contributed by atoms with Crippen molar-refractivity contribution in [3.63, 3.8) is 0 Å². The van der Waals surface area contributed by atoms with Gasteiger partial charge in [-0.05, 0) is 51.7 Å². The molecule has 0 saturated carbocycles. The molecule has 3 rings (SSSR count). The number of carbonyl (C=O) groups is 1. The number of benzene rings is 1. The molecule has 1 aromatic carbocycles. The fourth-order valence-electron chi connectivity index (χ4n) is 3.23. The molecule has 1 saturated heterocycles. The summed E-state index contributed by atoms with van der Waals surface area (Å²) in [5, 5.41) is 5.69. The highest BCUT2D eigenvalue weighted by atomic mass is 16.6. The van der Waals surface area contributed by atoms with Crippen LogP contribution in [0.4, 0.5) is 4.79 Å². The molecule has 0 bridgehead atoms. The number of carbonyl (C=O) groups excluding carboxylic acids is 1. The SMILES string of the molecule is COc1cccc2nn(CC3CCN(C(=O)OC(C)(C)C)CC3)cc12. The number of ether oxygens (including phenoxy) is 2. The van der Waals surface area contributed by atoms with Gasteiger partial charge in [-0.1, -0.05) is 6.07 Å². The zero-order valence-corrected chi connectivity index (χ0v) is 15.5. The molecule has 0 aliphatic carbocycles. The van der Waals surface area contributed by atoms with E-state index >= 15 is 0 Å². The minimum atomic E-state index is -0.442. The third-order valence-electron chi connectivity index (χ3n) is 4.49. The highest BCUT2D eigenvalue weighted by Gasteiger charge is 2.27. The molecule has 0 atom stereocenters. The molecule has 136 valence electrons. The third kappa shape index (κ3) is 4.24. The maximum Gasteiger partial charge on any atom is 0.410 e. The highest BCUT2D eigenvalue weighted by Crippen LogP contribution is 2.26. The molecule has 25 heavy (non-hydrogen) atoms. The predicted octanol–water partition coefficient (Wildman–Crippen LogP) is 3.69. The normalized spacial score (nSPS) is 16.2. The van der Waals surface area contributed by atoms with E-state index in [2.05, 4.69) is 11.3 Å². The first kappa shape index (κ1) is 17.6. The Morgan fingerprint density at radius 3 is 2.64 bits per heavy atom. The first-order valence-electron chi connectivity index (χ1n) is 8.84. The number of likely N-dealkylation sites (tertiary alicyclic amines) is 1. The van der Waals surface area contributed by atoms with Crippen molar-refractivity contribution in [2.75, 3.05) is 20.2 Å². The molecule has 1 fully saturated rings. The quantitative estimate of drug-likeness (QED) is 0.851. The number of amides is 1. The van der Waals surface area contributed by atoms with Crippen LogP contribution in [0, 0.1) is 5.92 Å². The minimum Gasteiger partial charge on any atom is -0.496 e. The van der Waals surface area contributed by atoms with Crippen LogP contribution in [0.5, 0.6) is 5.75 Å². The van der Waals surface area contributed by atoms with Crippen molar-refractivity contribution in [1.29, 1.82) is 0 Å². The minimum absolute atomic E-state index is 0.208. The predicted molar refractivity (Wildman–Crippen MR) is 96.8 cm³/mol. The molecule has 2 heterocycles. The number of aromatic nitrogens is 2. The second-order valence-electron chi connectivity index (χ2n) is 7.65. The lowest BCUT2D eigenvalue weighted by molar-refractivity contribution is 0.0177. The summed E-state index contributed by atoms with van der Waals surface area (Å²) in [5.41, 5.74) is 0.507. The van der Waals surface area contributed by atoms with Gasteiger partial charge in [0.15, 0.2) is 0 Å². The summed E-state index contributed by atoms with van der Waals surface area (Å²) in [5.74, 6) is 1.36. The third-order valence-corrected chi connectivity index (χ3v) is 4.49. The molecule has 1 amide bonds. The average molecular weight is 345 g/mol. The van der Waals surface area contributed by atoms with E-state index in [1.54, 1.807) is 7.11 Å². The summed E-state index contributed by atoms with van der Waals surface area (Å²) in [4.78, 5) is 13.9. The van der Waals surface area contributed by atoms with Crippen molar-refractivity contribution in [1.82, 2.24) is 14.7 Å². The van der Waals surface area contributed by atoms with Crippen molar-refractivity contribution in [3.8, 4) is 5.75 Å². The lowest BCUT2D eigenvalue weighted by Crippen LogP contribution is -2.42. The largest absolute Gasteiger partial charge is 0.496 e. The number of rotatable bonds is 3. The Labute approximate surface area is 148 Å². The Bertz CT molecular complexity index is 740. The molecule has 0 N–H and O–H groups in total. The first-order valence-corrected chi connectivity index (χ1v) is 8.84. The highest BCUT2D eigenvalue weighted by molar-refractivity contribution is 5.84. The van der Waals surface area contributed by atoms with Crippen molar-refractivity contribution < 1.29 is 14.3 Å². The number of hydrogen-bond donors (Lipinski definition) is 0. The van der Waals surface area contributed by atoms with E-state index in [-0.39, 0.29) is 6.09 Å². The smallest absolute Gasteiger partial charge is 0.410 e. The summed E-state index contributed by atoms with van der Waals surface area (Å²) < 4.78 is 12.9. The van der Waals surface area contributed by atoms with E-state index < -0.39 is 5.60 Å². The van der Waals surface area contributed by atoms with Crippen molar-refractivity contribution in [2.24, 2.45) is 5.92 Å². The fraction of sp³-hybridized carbons (Fsp3) is 0.579. The van der Waals surface area contributed by atoms with Crippen LogP contribution >= 0.6 is 0 Å². The lowest BCUT2D eigenvalue weighted by Gasteiger charge is -2.33. The van der Waals surface area contributed by atoms with Crippen LogP contribution in [0.2, 0.25) is 0 Å².